The molecule has 0 aliphatic heterocycles. The van der Waals surface area contributed by atoms with Crippen LogP contribution < -0.4 is 10.0 Å². The van der Waals surface area contributed by atoms with Gasteiger partial charge >= 0.3 is 5.97 Å². The Morgan fingerprint density at radius 3 is 2.41 bits per heavy atom. The van der Waals surface area contributed by atoms with E-state index in [1.165, 1.54) is 38.2 Å². The van der Waals surface area contributed by atoms with Crippen molar-refractivity contribution in [1.82, 2.24) is 4.72 Å². The number of amides is 1. The van der Waals surface area contributed by atoms with Gasteiger partial charge < -0.3 is 10.1 Å². The summed E-state index contributed by atoms with van der Waals surface area (Å²) in [4.78, 5) is 24.8. The first-order valence-electron chi connectivity index (χ1n) is 9.34. The molecule has 2 aromatic carbocycles. The molecule has 0 saturated carbocycles. The zero-order valence-electron chi connectivity index (χ0n) is 16.9. The summed E-state index contributed by atoms with van der Waals surface area (Å²) in [5.74, 6) is -0.981. The van der Waals surface area contributed by atoms with Crippen molar-refractivity contribution >= 4 is 27.6 Å². The lowest BCUT2D eigenvalue weighted by Crippen LogP contribution is -2.30. The van der Waals surface area contributed by atoms with Crippen LogP contribution in [0.5, 0.6) is 0 Å². The van der Waals surface area contributed by atoms with Crippen LogP contribution in [0.1, 0.15) is 49.0 Å². The van der Waals surface area contributed by atoms with Crippen LogP contribution in [0.15, 0.2) is 53.4 Å². The molecule has 0 bridgehead atoms. The fourth-order valence-electron chi connectivity index (χ4n) is 2.69. The van der Waals surface area contributed by atoms with Gasteiger partial charge in [0.15, 0.2) is 6.10 Å². The molecule has 0 aromatic heterocycles. The van der Waals surface area contributed by atoms with Crippen molar-refractivity contribution in [3.63, 3.8) is 0 Å². The molecule has 156 valence electrons. The third-order valence-corrected chi connectivity index (χ3v) is 6.08. The zero-order valence-corrected chi connectivity index (χ0v) is 17.7. The number of hydrogen-bond donors (Lipinski definition) is 2. The van der Waals surface area contributed by atoms with Gasteiger partial charge in [-0.2, -0.15) is 0 Å². The van der Waals surface area contributed by atoms with Crippen LogP contribution in [-0.2, 0) is 19.6 Å². The van der Waals surface area contributed by atoms with Gasteiger partial charge in [0.2, 0.25) is 10.0 Å². The molecular weight excluding hydrogens is 392 g/mol. The largest absolute Gasteiger partial charge is 0.449 e. The Morgan fingerprint density at radius 1 is 1.07 bits per heavy atom. The van der Waals surface area contributed by atoms with Gasteiger partial charge in [0, 0.05) is 5.69 Å². The van der Waals surface area contributed by atoms with Crippen LogP contribution in [0, 0.1) is 0 Å². The van der Waals surface area contributed by atoms with E-state index in [0.717, 1.165) is 12.0 Å². The number of para-hydroxylation sites is 1. The summed E-state index contributed by atoms with van der Waals surface area (Å²) in [6.07, 6.45) is -0.138. The van der Waals surface area contributed by atoms with Crippen molar-refractivity contribution in [2.45, 2.75) is 44.1 Å². The molecule has 2 atom stereocenters. The molecule has 8 heteroatoms. The van der Waals surface area contributed by atoms with Crippen molar-refractivity contribution < 1.29 is 22.7 Å². The molecule has 2 rings (SSSR count). The van der Waals surface area contributed by atoms with Gasteiger partial charge in [-0.1, -0.05) is 38.1 Å². The van der Waals surface area contributed by atoms with E-state index in [-0.39, 0.29) is 16.4 Å². The van der Waals surface area contributed by atoms with Gasteiger partial charge in [-0.05, 0) is 56.1 Å². The van der Waals surface area contributed by atoms with Crippen LogP contribution >= 0.6 is 0 Å². The second-order valence-corrected chi connectivity index (χ2v) is 8.56. The number of benzene rings is 2. The third kappa shape index (κ3) is 5.65. The molecular formula is C21H26N2O5S. The summed E-state index contributed by atoms with van der Waals surface area (Å²) in [7, 11) is -2.41. The highest BCUT2D eigenvalue weighted by molar-refractivity contribution is 7.89. The maximum atomic E-state index is 12.5. The lowest BCUT2D eigenvalue weighted by molar-refractivity contribution is -0.123. The first-order valence-corrected chi connectivity index (χ1v) is 10.8. The molecule has 0 heterocycles. The maximum absolute atomic E-state index is 12.5. The molecule has 2 N–H and O–H groups in total. The number of rotatable bonds is 8. The smallest absolute Gasteiger partial charge is 0.338 e. The number of carbonyl (C=O) groups is 2. The minimum absolute atomic E-state index is 0.0426. The normalized spacial score (nSPS) is 13.4. The van der Waals surface area contributed by atoms with Gasteiger partial charge in [-0.25, -0.2) is 17.9 Å². The molecule has 0 unspecified atom stereocenters. The van der Waals surface area contributed by atoms with Gasteiger partial charge in [-0.15, -0.1) is 0 Å². The number of anilines is 1. The van der Waals surface area contributed by atoms with Crippen molar-refractivity contribution in [2.24, 2.45) is 0 Å². The summed E-state index contributed by atoms with van der Waals surface area (Å²) in [6.45, 7) is 5.60. The quantitative estimate of drug-likeness (QED) is 0.641. The molecule has 0 aliphatic carbocycles. The van der Waals surface area contributed by atoms with E-state index < -0.39 is 28.0 Å². The summed E-state index contributed by atoms with van der Waals surface area (Å²) in [5, 5.41) is 2.81. The van der Waals surface area contributed by atoms with E-state index in [9.17, 15) is 18.0 Å². The lowest BCUT2D eigenvalue weighted by Gasteiger charge is -2.18. The first kappa shape index (κ1) is 22.6. The summed E-state index contributed by atoms with van der Waals surface area (Å²) in [5.41, 5.74) is 1.73. The molecule has 0 aliphatic rings. The minimum atomic E-state index is -3.69. The monoisotopic (exact) mass is 418 g/mol. The molecule has 0 saturated heterocycles. The second-order valence-electron chi connectivity index (χ2n) is 6.67. The fraction of sp³-hybridized carbons (Fsp3) is 0.333. The van der Waals surface area contributed by atoms with Crippen LogP contribution in [-0.4, -0.2) is 33.4 Å². The molecule has 0 radical (unpaired) electrons. The Balaban J connectivity index is 2.11. The van der Waals surface area contributed by atoms with Crippen molar-refractivity contribution in [3.8, 4) is 0 Å². The van der Waals surface area contributed by atoms with Crippen molar-refractivity contribution in [3.05, 3.63) is 59.7 Å². The minimum Gasteiger partial charge on any atom is -0.449 e. The maximum Gasteiger partial charge on any atom is 0.338 e. The van der Waals surface area contributed by atoms with E-state index >= 15 is 0 Å². The van der Waals surface area contributed by atoms with E-state index in [1.54, 1.807) is 6.07 Å². The predicted molar refractivity (Wildman–Crippen MR) is 111 cm³/mol. The first-order chi connectivity index (χ1) is 13.7. The molecule has 0 spiro atoms. The Labute approximate surface area is 171 Å². The highest BCUT2D eigenvalue weighted by Gasteiger charge is 2.22. The third-order valence-electron chi connectivity index (χ3n) is 4.66. The topological polar surface area (TPSA) is 102 Å². The number of nitrogens with one attached hydrogen (secondary N) is 2. The number of carbonyl (C=O) groups excluding carboxylic acids is 2. The van der Waals surface area contributed by atoms with Crippen LogP contribution in [0.4, 0.5) is 5.69 Å². The standard InChI is InChI=1S/C21H26N2O5S/c1-5-14(2)18-11-6-7-12-19(18)23-20(24)15(3)28-21(25)16-9-8-10-17(13-16)29(26,27)22-4/h6-15,22H,5H2,1-4H3,(H,23,24)/t14-,15+/m1/s1. The molecule has 7 nitrogen and oxygen atoms in total. The Morgan fingerprint density at radius 2 is 1.76 bits per heavy atom. The van der Waals surface area contributed by atoms with E-state index in [4.69, 9.17) is 4.74 Å². The SMILES string of the molecule is CC[C@@H](C)c1ccccc1NC(=O)[C@H](C)OC(=O)c1cccc(S(=O)(=O)NC)c1. The van der Waals surface area contributed by atoms with E-state index in [2.05, 4.69) is 23.9 Å². The highest BCUT2D eigenvalue weighted by Crippen LogP contribution is 2.26. The molecule has 2 aromatic rings. The Hall–Kier alpha value is -2.71. The van der Waals surface area contributed by atoms with Gasteiger partial charge in [0.05, 0.1) is 10.5 Å². The highest BCUT2D eigenvalue weighted by atomic mass is 32.2. The fourth-order valence-corrected chi connectivity index (χ4v) is 3.46. The number of ether oxygens (including phenoxy) is 1. The van der Waals surface area contributed by atoms with Gasteiger partial charge in [-0.3, -0.25) is 4.79 Å². The van der Waals surface area contributed by atoms with Crippen LogP contribution in [0.3, 0.4) is 0 Å². The molecule has 0 fully saturated rings. The second kappa shape index (κ2) is 9.67. The summed E-state index contributed by atoms with van der Waals surface area (Å²) >= 11 is 0. The lowest BCUT2D eigenvalue weighted by atomic mass is 9.97. The van der Waals surface area contributed by atoms with Crippen molar-refractivity contribution in [2.75, 3.05) is 12.4 Å². The molecule has 29 heavy (non-hydrogen) atoms. The van der Waals surface area contributed by atoms with Gasteiger partial charge in [0.1, 0.15) is 0 Å². The number of esters is 1. The van der Waals surface area contributed by atoms with Crippen LogP contribution in [0.25, 0.3) is 0 Å². The predicted octanol–water partition coefficient (Wildman–Crippen LogP) is 3.29. The Bertz CT molecular complexity index is 988. The average molecular weight is 419 g/mol. The van der Waals surface area contributed by atoms with Crippen molar-refractivity contribution in [1.29, 1.82) is 0 Å². The Kier molecular flexibility index (Phi) is 7.53. The average Bonchev–Trinajstić information content (AvgIpc) is 2.73. The van der Waals surface area contributed by atoms with E-state index in [0.29, 0.717) is 5.69 Å². The summed E-state index contributed by atoms with van der Waals surface area (Å²) in [6, 6.07) is 12.9. The van der Waals surface area contributed by atoms with Crippen LogP contribution in [0.2, 0.25) is 0 Å². The van der Waals surface area contributed by atoms with Gasteiger partial charge in [0.25, 0.3) is 5.91 Å². The number of hydrogen-bond acceptors (Lipinski definition) is 5. The number of sulfonamides is 1. The summed E-state index contributed by atoms with van der Waals surface area (Å²) < 4.78 is 31.2. The zero-order chi connectivity index (χ0) is 21.6. The molecule has 1 amide bonds. The van der Waals surface area contributed by atoms with E-state index in [1.807, 2.05) is 18.2 Å².